The molecule has 0 radical (unpaired) electrons. The molecule has 0 aliphatic rings. The number of ether oxygens (including phenoxy) is 2. The largest absolute Gasteiger partial charge is 0.493 e. The van der Waals surface area contributed by atoms with E-state index in [4.69, 9.17) is 20.2 Å². The Kier molecular flexibility index (Phi) is 3.70. The van der Waals surface area contributed by atoms with Crippen LogP contribution < -0.4 is 9.47 Å². The van der Waals surface area contributed by atoms with E-state index in [0.29, 0.717) is 11.3 Å². The Balaban J connectivity index is 3.74. The molecule has 1 aromatic rings. The van der Waals surface area contributed by atoms with E-state index in [1.165, 1.54) is 14.2 Å². The lowest BCUT2D eigenvalue weighted by Gasteiger charge is -2.15. The summed E-state index contributed by atoms with van der Waals surface area (Å²) in [5.41, 5.74) is 1.34. The van der Waals surface area contributed by atoms with Gasteiger partial charge in [0.25, 0.3) is 9.05 Å². The number of benzene rings is 1. The van der Waals surface area contributed by atoms with E-state index in [2.05, 4.69) is 0 Å². The van der Waals surface area contributed by atoms with Crippen molar-refractivity contribution in [2.24, 2.45) is 0 Å². The third kappa shape index (κ3) is 2.25. The van der Waals surface area contributed by atoms with Crippen LogP contribution in [0, 0.1) is 13.8 Å². The summed E-state index contributed by atoms with van der Waals surface area (Å²) in [5.74, 6) is 0.491. The predicted octanol–water partition coefficient (Wildman–Crippen LogP) is 2.25. The van der Waals surface area contributed by atoms with Crippen LogP contribution in [0.5, 0.6) is 11.5 Å². The first-order valence-electron chi connectivity index (χ1n) is 4.49. The fraction of sp³-hybridized carbons (Fsp3) is 0.400. The van der Waals surface area contributed by atoms with Crippen molar-refractivity contribution < 1.29 is 17.9 Å². The molecule has 4 nitrogen and oxygen atoms in total. The van der Waals surface area contributed by atoms with Crippen molar-refractivity contribution in [3.05, 3.63) is 17.2 Å². The molecule has 0 saturated heterocycles. The first-order valence-corrected chi connectivity index (χ1v) is 6.80. The molecule has 16 heavy (non-hydrogen) atoms. The van der Waals surface area contributed by atoms with Gasteiger partial charge in [-0.25, -0.2) is 8.42 Å². The van der Waals surface area contributed by atoms with Crippen molar-refractivity contribution >= 4 is 19.7 Å². The maximum absolute atomic E-state index is 11.5. The van der Waals surface area contributed by atoms with E-state index in [0.717, 1.165) is 5.56 Å². The molecular formula is C10H13ClO4S. The molecule has 0 heterocycles. The van der Waals surface area contributed by atoms with E-state index in [1.54, 1.807) is 19.9 Å². The predicted molar refractivity (Wildman–Crippen MR) is 62.1 cm³/mol. The summed E-state index contributed by atoms with van der Waals surface area (Å²) < 4.78 is 33.1. The van der Waals surface area contributed by atoms with Gasteiger partial charge in [0.15, 0.2) is 11.5 Å². The second-order valence-electron chi connectivity index (χ2n) is 3.32. The minimum Gasteiger partial charge on any atom is -0.493 e. The molecule has 0 atom stereocenters. The van der Waals surface area contributed by atoms with E-state index in [9.17, 15) is 8.42 Å². The van der Waals surface area contributed by atoms with Gasteiger partial charge in [-0.15, -0.1) is 0 Å². The number of aryl methyl sites for hydroxylation is 1. The Morgan fingerprint density at radius 1 is 1.19 bits per heavy atom. The summed E-state index contributed by atoms with van der Waals surface area (Å²) in [6.07, 6.45) is 0. The molecule has 0 saturated carbocycles. The highest BCUT2D eigenvalue weighted by Crippen LogP contribution is 2.39. The topological polar surface area (TPSA) is 52.6 Å². The molecule has 0 amide bonds. The Bertz CT molecular complexity index is 508. The number of rotatable bonds is 3. The van der Waals surface area contributed by atoms with Gasteiger partial charge in [0.2, 0.25) is 0 Å². The van der Waals surface area contributed by atoms with Crippen LogP contribution in [0.2, 0.25) is 0 Å². The molecule has 0 aliphatic carbocycles. The van der Waals surface area contributed by atoms with Gasteiger partial charge in [-0.2, -0.15) is 0 Å². The van der Waals surface area contributed by atoms with E-state index >= 15 is 0 Å². The summed E-state index contributed by atoms with van der Waals surface area (Å²) in [5, 5.41) is 0. The zero-order valence-electron chi connectivity index (χ0n) is 9.50. The molecule has 1 rings (SSSR count). The minimum atomic E-state index is -3.86. The minimum absolute atomic E-state index is 0.0338. The SMILES string of the molecule is COc1cc(C)c(C)c(S(=O)(=O)Cl)c1OC. The first kappa shape index (κ1) is 13.1. The molecule has 1 aromatic carbocycles. The summed E-state index contributed by atoms with van der Waals surface area (Å²) in [6, 6.07) is 1.71. The molecule has 90 valence electrons. The van der Waals surface area contributed by atoms with Crippen molar-refractivity contribution in [2.75, 3.05) is 14.2 Å². The maximum atomic E-state index is 11.5. The van der Waals surface area contributed by atoms with Crippen molar-refractivity contribution in [2.45, 2.75) is 18.7 Å². The Morgan fingerprint density at radius 3 is 2.12 bits per heavy atom. The van der Waals surface area contributed by atoms with Crippen LogP contribution in [0.1, 0.15) is 11.1 Å². The Labute approximate surface area is 99.6 Å². The normalized spacial score (nSPS) is 11.3. The number of hydrogen-bond acceptors (Lipinski definition) is 4. The van der Waals surface area contributed by atoms with Crippen molar-refractivity contribution in [3.63, 3.8) is 0 Å². The van der Waals surface area contributed by atoms with Gasteiger partial charge in [0.1, 0.15) is 4.90 Å². The van der Waals surface area contributed by atoms with Crippen LogP contribution in [-0.4, -0.2) is 22.6 Å². The molecule has 0 aliphatic heterocycles. The summed E-state index contributed by atoms with van der Waals surface area (Å²) in [6.45, 7) is 3.45. The van der Waals surface area contributed by atoms with Crippen molar-refractivity contribution in [1.82, 2.24) is 0 Å². The third-order valence-electron chi connectivity index (χ3n) is 2.38. The van der Waals surface area contributed by atoms with Gasteiger partial charge in [0, 0.05) is 10.7 Å². The Hall–Kier alpha value is -0.940. The quantitative estimate of drug-likeness (QED) is 0.786. The highest BCUT2D eigenvalue weighted by molar-refractivity contribution is 8.13. The third-order valence-corrected chi connectivity index (χ3v) is 3.82. The van der Waals surface area contributed by atoms with E-state index in [-0.39, 0.29) is 10.6 Å². The van der Waals surface area contributed by atoms with Crippen LogP contribution in [0.3, 0.4) is 0 Å². The number of halogens is 1. The molecule has 0 N–H and O–H groups in total. The fourth-order valence-electron chi connectivity index (χ4n) is 1.47. The van der Waals surface area contributed by atoms with E-state index < -0.39 is 9.05 Å². The summed E-state index contributed by atoms with van der Waals surface area (Å²) in [7, 11) is 4.34. The zero-order valence-corrected chi connectivity index (χ0v) is 11.1. The van der Waals surface area contributed by atoms with Gasteiger partial charge < -0.3 is 9.47 Å². The van der Waals surface area contributed by atoms with Crippen LogP contribution in [0.15, 0.2) is 11.0 Å². The molecule has 0 spiro atoms. The second-order valence-corrected chi connectivity index (χ2v) is 5.82. The van der Waals surface area contributed by atoms with Crippen LogP contribution in [0.4, 0.5) is 0 Å². The average molecular weight is 265 g/mol. The van der Waals surface area contributed by atoms with Crippen LogP contribution in [-0.2, 0) is 9.05 Å². The zero-order chi connectivity index (χ0) is 12.5. The summed E-state index contributed by atoms with van der Waals surface area (Å²) >= 11 is 0. The molecule has 0 fully saturated rings. The smallest absolute Gasteiger partial charge is 0.265 e. The average Bonchev–Trinajstić information content (AvgIpc) is 2.19. The molecular weight excluding hydrogens is 252 g/mol. The lowest BCUT2D eigenvalue weighted by atomic mass is 10.1. The van der Waals surface area contributed by atoms with Gasteiger partial charge in [-0.1, -0.05) is 0 Å². The van der Waals surface area contributed by atoms with Crippen molar-refractivity contribution in [1.29, 1.82) is 0 Å². The lowest BCUT2D eigenvalue weighted by molar-refractivity contribution is 0.346. The molecule has 0 aromatic heterocycles. The number of methoxy groups -OCH3 is 2. The monoisotopic (exact) mass is 264 g/mol. The lowest BCUT2D eigenvalue weighted by Crippen LogP contribution is -2.03. The van der Waals surface area contributed by atoms with Gasteiger partial charge in [-0.05, 0) is 31.0 Å². The molecule has 0 unspecified atom stereocenters. The summed E-state index contributed by atoms with van der Waals surface area (Å²) in [4.78, 5) is -0.0338. The van der Waals surface area contributed by atoms with Gasteiger partial charge in [0.05, 0.1) is 14.2 Å². The molecule has 6 heteroatoms. The van der Waals surface area contributed by atoms with Crippen LogP contribution >= 0.6 is 10.7 Å². The van der Waals surface area contributed by atoms with Crippen molar-refractivity contribution in [3.8, 4) is 11.5 Å². The van der Waals surface area contributed by atoms with Gasteiger partial charge in [-0.3, -0.25) is 0 Å². The highest BCUT2D eigenvalue weighted by Gasteiger charge is 2.24. The number of hydrogen-bond donors (Lipinski definition) is 0. The first-order chi connectivity index (χ1) is 7.32. The highest BCUT2D eigenvalue weighted by atomic mass is 35.7. The fourth-order valence-corrected chi connectivity index (χ4v) is 2.96. The maximum Gasteiger partial charge on any atom is 0.265 e. The van der Waals surface area contributed by atoms with Crippen LogP contribution in [0.25, 0.3) is 0 Å². The van der Waals surface area contributed by atoms with E-state index in [1.807, 2.05) is 0 Å². The second kappa shape index (κ2) is 4.51. The Morgan fingerprint density at radius 2 is 1.75 bits per heavy atom. The van der Waals surface area contributed by atoms with Gasteiger partial charge >= 0.3 is 0 Å². The molecule has 0 bridgehead atoms. The standard InChI is InChI=1S/C10H13ClO4S/c1-6-5-8(14-3)9(15-4)10(7(6)2)16(11,12)13/h5H,1-4H3.